The van der Waals surface area contributed by atoms with E-state index in [0.29, 0.717) is 11.5 Å². The third kappa shape index (κ3) is 2.23. The number of carbonyl (C=O) groups is 1. The summed E-state index contributed by atoms with van der Waals surface area (Å²) in [5, 5.41) is 11.0. The minimum Gasteiger partial charge on any atom is -0.480 e. The second kappa shape index (κ2) is 4.61. The number of carboxylic acid groups (broad SMARTS) is 1. The number of fused-ring (bicyclic) bond motifs is 2. The molecule has 5 heteroatoms. The molecule has 5 nitrogen and oxygen atoms in total. The molecule has 3 rings (SSSR count). The van der Waals surface area contributed by atoms with Crippen molar-refractivity contribution in [1.29, 1.82) is 0 Å². The number of carboxylic acids is 1. The molecular weight excluding hydrogens is 256 g/mol. The van der Waals surface area contributed by atoms with Crippen molar-refractivity contribution in [2.24, 2.45) is 5.73 Å². The Morgan fingerprint density at radius 1 is 1.35 bits per heavy atom. The van der Waals surface area contributed by atoms with Crippen LogP contribution in [0, 0.1) is 6.92 Å². The molecule has 0 aliphatic heterocycles. The van der Waals surface area contributed by atoms with Gasteiger partial charge in [0.25, 0.3) is 0 Å². The van der Waals surface area contributed by atoms with Crippen LogP contribution in [-0.4, -0.2) is 22.1 Å². The third-order valence-electron chi connectivity index (χ3n) is 3.26. The molecule has 0 spiro atoms. The van der Waals surface area contributed by atoms with Crippen molar-refractivity contribution in [2.45, 2.75) is 19.4 Å². The summed E-state index contributed by atoms with van der Waals surface area (Å²) in [5.74, 6) is -0.713. The van der Waals surface area contributed by atoms with Gasteiger partial charge in [-0.05, 0) is 29.8 Å². The van der Waals surface area contributed by atoms with Gasteiger partial charge < -0.3 is 15.3 Å². The highest BCUT2D eigenvalue weighted by Crippen LogP contribution is 2.24. The number of hydrogen-bond donors (Lipinski definition) is 2. The average Bonchev–Trinajstić information content (AvgIpc) is 2.76. The zero-order valence-corrected chi connectivity index (χ0v) is 11.0. The minimum atomic E-state index is -1.06. The fourth-order valence-corrected chi connectivity index (χ4v) is 2.20. The summed E-state index contributed by atoms with van der Waals surface area (Å²) in [5.41, 5.74) is 8.03. The predicted octanol–water partition coefficient (Wildman–Crippen LogP) is 2.24. The van der Waals surface area contributed by atoms with E-state index < -0.39 is 12.0 Å². The Bertz CT molecular complexity index is 807. The number of hydrogen-bond acceptors (Lipinski definition) is 4. The highest BCUT2D eigenvalue weighted by molar-refractivity contribution is 5.94. The van der Waals surface area contributed by atoms with Crippen molar-refractivity contribution in [3.63, 3.8) is 0 Å². The maximum Gasteiger partial charge on any atom is 0.321 e. The first-order valence-corrected chi connectivity index (χ1v) is 6.31. The summed E-state index contributed by atoms with van der Waals surface area (Å²) in [7, 11) is 0. The van der Waals surface area contributed by atoms with Crippen molar-refractivity contribution < 1.29 is 14.3 Å². The van der Waals surface area contributed by atoms with Gasteiger partial charge in [-0.1, -0.05) is 23.8 Å². The smallest absolute Gasteiger partial charge is 0.321 e. The molecule has 0 saturated carbocycles. The van der Waals surface area contributed by atoms with Crippen molar-refractivity contribution in [3.05, 3.63) is 41.8 Å². The van der Waals surface area contributed by atoms with E-state index in [1.54, 1.807) is 0 Å². The second-order valence-electron chi connectivity index (χ2n) is 4.93. The molecule has 102 valence electrons. The standard InChI is InChI=1S/C15H14N2O3/c1-8-2-3-9-6-13-12(5-10(9)4-8)17-14(20-13)7-11(16)15(18)19/h2-6,11H,7,16H2,1H3,(H,18,19)/t11-/m1/s1. The van der Waals surface area contributed by atoms with E-state index in [2.05, 4.69) is 11.1 Å². The normalized spacial score (nSPS) is 12.9. The quantitative estimate of drug-likeness (QED) is 0.761. The maximum atomic E-state index is 10.8. The maximum absolute atomic E-state index is 10.8. The van der Waals surface area contributed by atoms with Crippen LogP contribution in [0.2, 0.25) is 0 Å². The van der Waals surface area contributed by atoms with E-state index in [-0.39, 0.29) is 6.42 Å². The van der Waals surface area contributed by atoms with E-state index in [1.807, 2.05) is 31.2 Å². The zero-order chi connectivity index (χ0) is 14.3. The fourth-order valence-electron chi connectivity index (χ4n) is 2.20. The number of benzene rings is 2. The Kier molecular flexibility index (Phi) is 2.91. The van der Waals surface area contributed by atoms with Crippen LogP contribution in [0.4, 0.5) is 0 Å². The molecule has 0 radical (unpaired) electrons. The van der Waals surface area contributed by atoms with Crippen molar-refractivity contribution in [1.82, 2.24) is 4.98 Å². The summed E-state index contributed by atoms with van der Waals surface area (Å²) in [6, 6.07) is 8.98. The second-order valence-corrected chi connectivity index (χ2v) is 4.93. The van der Waals surface area contributed by atoms with Gasteiger partial charge in [0, 0.05) is 0 Å². The molecule has 0 saturated heterocycles. The van der Waals surface area contributed by atoms with Gasteiger partial charge in [0.05, 0.1) is 6.42 Å². The first kappa shape index (κ1) is 12.6. The Morgan fingerprint density at radius 2 is 2.15 bits per heavy atom. The lowest BCUT2D eigenvalue weighted by atomic mass is 10.1. The van der Waals surface area contributed by atoms with Crippen molar-refractivity contribution >= 4 is 27.8 Å². The number of nitrogens with two attached hydrogens (primary N) is 1. The first-order valence-electron chi connectivity index (χ1n) is 6.31. The third-order valence-corrected chi connectivity index (χ3v) is 3.26. The van der Waals surface area contributed by atoms with Gasteiger partial charge in [-0.2, -0.15) is 0 Å². The predicted molar refractivity (Wildman–Crippen MR) is 75.6 cm³/mol. The lowest BCUT2D eigenvalue weighted by Crippen LogP contribution is -2.32. The van der Waals surface area contributed by atoms with Crippen molar-refractivity contribution in [3.8, 4) is 0 Å². The summed E-state index contributed by atoms with van der Waals surface area (Å²) in [6.07, 6.45) is 0.0827. The molecule has 0 fully saturated rings. The summed E-state index contributed by atoms with van der Waals surface area (Å²) >= 11 is 0. The summed E-state index contributed by atoms with van der Waals surface area (Å²) < 4.78 is 5.57. The molecule has 0 amide bonds. The van der Waals surface area contributed by atoms with Gasteiger partial charge in [-0.25, -0.2) is 4.98 Å². The van der Waals surface area contributed by atoms with Gasteiger partial charge in [-0.15, -0.1) is 0 Å². The number of rotatable bonds is 3. The highest BCUT2D eigenvalue weighted by atomic mass is 16.4. The van der Waals surface area contributed by atoms with Gasteiger partial charge >= 0.3 is 5.97 Å². The van der Waals surface area contributed by atoms with Crippen LogP contribution in [-0.2, 0) is 11.2 Å². The van der Waals surface area contributed by atoms with Crippen molar-refractivity contribution in [2.75, 3.05) is 0 Å². The Hall–Kier alpha value is -2.40. The van der Waals surface area contributed by atoms with E-state index in [9.17, 15) is 4.79 Å². The monoisotopic (exact) mass is 270 g/mol. The molecule has 20 heavy (non-hydrogen) atoms. The van der Waals surface area contributed by atoms with Crippen LogP contribution in [0.5, 0.6) is 0 Å². The molecule has 3 aromatic rings. The molecule has 0 bridgehead atoms. The largest absolute Gasteiger partial charge is 0.480 e. The Labute approximate surface area is 115 Å². The van der Waals surface area contributed by atoms with Crippen LogP contribution >= 0.6 is 0 Å². The number of oxazole rings is 1. The SMILES string of the molecule is Cc1ccc2cc3oc(C[C@@H](N)C(=O)O)nc3cc2c1. The van der Waals surface area contributed by atoms with Gasteiger partial charge in [-0.3, -0.25) is 4.79 Å². The molecule has 1 aromatic heterocycles. The molecule has 0 aliphatic carbocycles. The Morgan fingerprint density at radius 3 is 2.90 bits per heavy atom. The minimum absolute atomic E-state index is 0.0827. The highest BCUT2D eigenvalue weighted by Gasteiger charge is 2.16. The lowest BCUT2D eigenvalue weighted by Gasteiger charge is -2.00. The zero-order valence-electron chi connectivity index (χ0n) is 11.0. The molecule has 1 heterocycles. The summed E-state index contributed by atoms with van der Waals surface area (Å²) in [4.78, 5) is 15.1. The Balaban J connectivity index is 2.06. The average molecular weight is 270 g/mol. The summed E-state index contributed by atoms with van der Waals surface area (Å²) in [6.45, 7) is 2.03. The number of aromatic nitrogens is 1. The fraction of sp³-hybridized carbons (Fsp3) is 0.200. The van der Waals surface area contributed by atoms with Crippen LogP contribution < -0.4 is 5.73 Å². The number of aryl methyl sites for hydroxylation is 1. The van der Waals surface area contributed by atoms with E-state index in [0.717, 1.165) is 16.3 Å². The molecule has 3 N–H and O–H groups in total. The van der Waals surface area contributed by atoms with Gasteiger partial charge in [0.15, 0.2) is 11.5 Å². The molecular formula is C15H14N2O3. The molecule has 0 unspecified atom stereocenters. The van der Waals surface area contributed by atoms with Gasteiger partial charge in [0.1, 0.15) is 11.6 Å². The van der Waals surface area contributed by atoms with E-state index >= 15 is 0 Å². The van der Waals surface area contributed by atoms with Crippen LogP contribution in [0.3, 0.4) is 0 Å². The molecule has 0 aliphatic rings. The van der Waals surface area contributed by atoms with Crippen LogP contribution in [0.25, 0.3) is 21.9 Å². The van der Waals surface area contributed by atoms with E-state index in [4.69, 9.17) is 15.3 Å². The molecule has 2 aromatic carbocycles. The van der Waals surface area contributed by atoms with Crippen LogP contribution in [0.15, 0.2) is 34.7 Å². The first-order chi connectivity index (χ1) is 9.52. The van der Waals surface area contributed by atoms with E-state index in [1.165, 1.54) is 5.56 Å². The molecule has 1 atom stereocenters. The van der Waals surface area contributed by atoms with Gasteiger partial charge in [0.2, 0.25) is 0 Å². The topological polar surface area (TPSA) is 89.3 Å². The number of nitrogens with zero attached hydrogens (tertiary/aromatic N) is 1. The van der Waals surface area contributed by atoms with Crippen LogP contribution in [0.1, 0.15) is 11.5 Å². The number of aliphatic carboxylic acids is 1. The lowest BCUT2D eigenvalue weighted by molar-refractivity contribution is -0.138.